The summed E-state index contributed by atoms with van der Waals surface area (Å²) in [5.74, 6) is 0.470. The van der Waals surface area contributed by atoms with Crippen molar-refractivity contribution in [2.24, 2.45) is 11.8 Å². The number of furan rings is 1. The standard InChI is InChI=1S/C15H22N2O3/c1-3-4-7-17(2)15(19)13-9-12(13)14(18)16-10-11-6-5-8-20-11/h5-6,8,12-13H,3-4,7,9-10H2,1-2H3,(H,16,18). The highest BCUT2D eigenvalue weighted by molar-refractivity contribution is 5.92. The van der Waals surface area contributed by atoms with Gasteiger partial charge in [-0.15, -0.1) is 0 Å². The van der Waals surface area contributed by atoms with E-state index in [9.17, 15) is 9.59 Å². The first-order chi connectivity index (χ1) is 9.63. The van der Waals surface area contributed by atoms with Crippen LogP contribution in [0, 0.1) is 11.8 Å². The smallest absolute Gasteiger partial charge is 0.226 e. The molecule has 5 nitrogen and oxygen atoms in total. The van der Waals surface area contributed by atoms with E-state index in [1.54, 1.807) is 17.2 Å². The van der Waals surface area contributed by atoms with Crippen LogP contribution >= 0.6 is 0 Å². The van der Waals surface area contributed by atoms with Crippen LogP contribution in [0.2, 0.25) is 0 Å². The highest BCUT2D eigenvalue weighted by Gasteiger charge is 2.48. The minimum atomic E-state index is -0.165. The van der Waals surface area contributed by atoms with E-state index < -0.39 is 0 Å². The van der Waals surface area contributed by atoms with Gasteiger partial charge in [0.05, 0.1) is 24.6 Å². The minimum absolute atomic E-state index is 0.0522. The second kappa shape index (κ2) is 6.59. The predicted molar refractivity (Wildman–Crippen MR) is 74.7 cm³/mol. The molecule has 0 aromatic carbocycles. The summed E-state index contributed by atoms with van der Waals surface area (Å²) in [7, 11) is 1.81. The summed E-state index contributed by atoms with van der Waals surface area (Å²) in [4.78, 5) is 25.8. The lowest BCUT2D eigenvalue weighted by molar-refractivity contribution is -0.133. The summed E-state index contributed by atoms with van der Waals surface area (Å²) in [5.41, 5.74) is 0. The lowest BCUT2D eigenvalue weighted by Crippen LogP contribution is -2.32. The molecule has 2 unspecified atom stereocenters. The van der Waals surface area contributed by atoms with Gasteiger partial charge in [0.2, 0.25) is 11.8 Å². The quantitative estimate of drug-likeness (QED) is 0.827. The average molecular weight is 278 g/mol. The second-order valence-corrected chi connectivity index (χ2v) is 5.36. The van der Waals surface area contributed by atoms with E-state index >= 15 is 0 Å². The van der Waals surface area contributed by atoms with E-state index in [0.717, 1.165) is 25.1 Å². The third kappa shape index (κ3) is 3.62. The summed E-state index contributed by atoms with van der Waals surface area (Å²) in [6.45, 7) is 3.25. The minimum Gasteiger partial charge on any atom is -0.467 e. The molecular formula is C15H22N2O3. The van der Waals surface area contributed by atoms with Crippen LogP contribution in [0.3, 0.4) is 0 Å². The van der Waals surface area contributed by atoms with E-state index in [4.69, 9.17) is 4.42 Å². The molecule has 0 aliphatic heterocycles. The molecule has 110 valence electrons. The van der Waals surface area contributed by atoms with Crippen molar-refractivity contribution in [3.63, 3.8) is 0 Å². The molecular weight excluding hydrogens is 256 g/mol. The average Bonchev–Trinajstić information content (AvgIpc) is 3.09. The molecule has 1 heterocycles. The first-order valence-corrected chi connectivity index (χ1v) is 7.18. The number of hydrogen-bond donors (Lipinski definition) is 1. The van der Waals surface area contributed by atoms with Crippen molar-refractivity contribution in [3.8, 4) is 0 Å². The summed E-state index contributed by atoms with van der Waals surface area (Å²) in [6, 6.07) is 3.60. The van der Waals surface area contributed by atoms with Crippen molar-refractivity contribution >= 4 is 11.8 Å². The Kier molecular flexibility index (Phi) is 4.82. The number of rotatable bonds is 7. The SMILES string of the molecule is CCCCN(C)C(=O)C1CC1C(=O)NCc1ccco1. The van der Waals surface area contributed by atoms with Gasteiger partial charge in [-0.05, 0) is 25.0 Å². The number of unbranched alkanes of at least 4 members (excludes halogenated alkanes) is 1. The van der Waals surface area contributed by atoms with Crippen LogP contribution in [0.15, 0.2) is 22.8 Å². The van der Waals surface area contributed by atoms with E-state index in [2.05, 4.69) is 12.2 Å². The Hall–Kier alpha value is -1.78. The zero-order chi connectivity index (χ0) is 14.5. The Balaban J connectivity index is 1.73. The molecule has 1 aromatic heterocycles. The highest BCUT2D eigenvalue weighted by Crippen LogP contribution is 2.40. The highest BCUT2D eigenvalue weighted by atomic mass is 16.3. The van der Waals surface area contributed by atoms with Crippen LogP contribution in [0.5, 0.6) is 0 Å². The van der Waals surface area contributed by atoms with E-state index in [0.29, 0.717) is 13.0 Å². The normalized spacial score (nSPS) is 20.5. The molecule has 1 aliphatic rings. The molecule has 2 atom stereocenters. The molecule has 0 spiro atoms. The maximum atomic E-state index is 12.1. The molecule has 1 saturated carbocycles. The topological polar surface area (TPSA) is 62.6 Å². The predicted octanol–water partition coefficient (Wildman–Crippen LogP) is 1.79. The third-order valence-electron chi connectivity index (χ3n) is 3.68. The van der Waals surface area contributed by atoms with Gasteiger partial charge in [-0.2, -0.15) is 0 Å². The van der Waals surface area contributed by atoms with Gasteiger partial charge in [0.1, 0.15) is 5.76 Å². The van der Waals surface area contributed by atoms with Crippen LogP contribution < -0.4 is 5.32 Å². The van der Waals surface area contributed by atoms with Crippen LogP contribution in [0.4, 0.5) is 0 Å². The summed E-state index contributed by atoms with van der Waals surface area (Å²) in [6.07, 6.45) is 4.31. The molecule has 2 amide bonds. The second-order valence-electron chi connectivity index (χ2n) is 5.36. The molecule has 0 saturated heterocycles. The Morgan fingerprint density at radius 3 is 2.90 bits per heavy atom. The van der Waals surface area contributed by atoms with Crippen molar-refractivity contribution in [3.05, 3.63) is 24.2 Å². The largest absolute Gasteiger partial charge is 0.467 e. The number of hydrogen-bond acceptors (Lipinski definition) is 3. The maximum absolute atomic E-state index is 12.1. The van der Waals surface area contributed by atoms with Crippen molar-refractivity contribution < 1.29 is 14.0 Å². The van der Waals surface area contributed by atoms with Gasteiger partial charge in [-0.1, -0.05) is 13.3 Å². The van der Waals surface area contributed by atoms with Gasteiger partial charge in [0, 0.05) is 13.6 Å². The van der Waals surface area contributed by atoms with Crippen molar-refractivity contribution in [1.29, 1.82) is 0 Å². The van der Waals surface area contributed by atoms with Crippen LogP contribution in [0.25, 0.3) is 0 Å². The van der Waals surface area contributed by atoms with Crippen LogP contribution in [0.1, 0.15) is 31.9 Å². The van der Waals surface area contributed by atoms with Gasteiger partial charge in [-0.25, -0.2) is 0 Å². The Bertz CT molecular complexity index is 456. The first kappa shape index (κ1) is 14.6. The van der Waals surface area contributed by atoms with Gasteiger partial charge in [0.25, 0.3) is 0 Å². The molecule has 5 heteroatoms. The lowest BCUT2D eigenvalue weighted by Gasteiger charge is -2.16. The molecule has 0 bridgehead atoms. The number of carbonyl (C=O) groups is 2. The summed E-state index contributed by atoms with van der Waals surface area (Å²) in [5, 5.41) is 2.81. The number of carbonyl (C=O) groups excluding carboxylic acids is 2. The van der Waals surface area contributed by atoms with Crippen molar-refractivity contribution in [2.45, 2.75) is 32.7 Å². The summed E-state index contributed by atoms with van der Waals surface area (Å²) < 4.78 is 5.15. The third-order valence-corrected chi connectivity index (χ3v) is 3.68. The molecule has 2 rings (SSSR count). The van der Waals surface area contributed by atoms with Gasteiger partial charge in [0.15, 0.2) is 0 Å². The Morgan fingerprint density at radius 2 is 2.25 bits per heavy atom. The van der Waals surface area contributed by atoms with Gasteiger partial charge >= 0.3 is 0 Å². The molecule has 1 N–H and O–H groups in total. The number of nitrogens with one attached hydrogen (secondary N) is 1. The van der Waals surface area contributed by atoms with E-state index in [1.165, 1.54) is 0 Å². The number of nitrogens with zero attached hydrogens (tertiary/aromatic N) is 1. The molecule has 1 aromatic rings. The summed E-state index contributed by atoms with van der Waals surface area (Å²) >= 11 is 0. The zero-order valence-corrected chi connectivity index (χ0v) is 12.1. The lowest BCUT2D eigenvalue weighted by atomic mass is 10.2. The van der Waals surface area contributed by atoms with Crippen molar-refractivity contribution in [1.82, 2.24) is 10.2 Å². The van der Waals surface area contributed by atoms with E-state index in [-0.39, 0.29) is 23.7 Å². The monoisotopic (exact) mass is 278 g/mol. The van der Waals surface area contributed by atoms with Crippen molar-refractivity contribution in [2.75, 3.05) is 13.6 Å². The molecule has 1 aliphatic carbocycles. The molecule has 1 fully saturated rings. The number of amides is 2. The van der Waals surface area contributed by atoms with Crippen LogP contribution in [-0.2, 0) is 16.1 Å². The van der Waals surface area contributed by atoms with Crippen LogP contribution in [-0.4, -0.2) is 30.3 Å². The zero-order valence-electron chi connectivity index (χ0n) is 12.1. The maximum Gasteiger partial charge on any atom is 0.226 e. The molecule has 20 heavy (non-hydrogen) atoms. The fourth-order valence-electron chi connectivity index (χ4n) is 2.26. The van der Waals surface area contributed by atoms with Gasteiger partial charge < -0.3 is 14.6 Å². The fourth-order valence-corrected chi connectivity index (χ4v) is 2.26. The Labute approximate surface area is 119 Å². The fraction of sp³-hybridized carbons (Fsp3) is 0.600. The Morgan fingerprint density at radius 1 is 1.45 bits per heavy atom. The first-order valence-electron chi connectivity index (χ1n) is 7.18. The van der Waals surface area contributed by atoms with Gasteiger partial charge in [-0.3, -0.25) is 9.59 Å². The molecule has 0 radical (unpaired) electrons. The van der Waals surface area contributed by atoms with E-state index in [1.807, 2.05) is 13.1 Å².